The Kier molecular flexibility index (Phi) is 4.75. The monoisotopic (exact) mass is 330 g/mol. The van der Waals surface area contributed by atoms with Crippen molar-refractivity contribution in [3.05, 3.63) is 45.6 Å². The van der Waals surface area contributed by atoms with Gasteiger partial charge in [0.1, 0.15) is 0 Å². The number of benzene rings is 1. The Morgan fingerprint density at radius 1 is 1.20 bits per heavy atom. The van der Waals surface area contributed by atoms with Crippen LogP contribution < -0.4 is 9.32 Å². The van der Waals surface area contributed by atoms with Crippen LogP contribution in [0.1, 0.15) is 4.88 Å². The molecule has 2 rings (SSSR count). The minimum Gasteiger partial charge on any atom is -0.464 e. The zero-order valence-corrected chi connectivity index (χ0v) is 12.9. The fraction of sp³-hybridized carbons (Fsp3) is 0.154. The number of hydrogen-bond donors (Lipinski definition) is 1. The highest BCUT2D eigenvalue weighted by Gasteiger charge is 2.11. The van der Waals surface area contributed by atoms with Gasteiger partial charge in [-0.2, -0.15) is 4.42 Å². The first-order valence-corrected chi connectivity index (χ1v) is 7.25. The van der Waals surface area contributed by atoms with E-state index in [9.17, 15) is 4.79 Å². The molecule has 0 spiro atoms. The van der Waals surface area contributed by atoms with Gasteiger partial charge in [0, 0.05) is 29.4 Å². The van der Waals surface area contributed by atoms with Crippen molar-refractivity contribution < 1.29 is 9.90 Å². The molecule has 0 saturated carbocycles. The third-order valence-electron chi connectivity index (χ3n) is 2.71. The second-order valence-corrected chi connectivity index (χ2v) is 6.28. The molecule has 4 nitrogen and oxygen atoms in total. The van der Waals surface area contributed by atoms with E-state index in [4.69, 9.17) is 28.5 Å². The molecule has 0 aliphatic rings. The summed E-state index contributed by atoms with van der Waals surface area (Å²) in [5.41, 5.74) is 1.38. The SMILES string of the molecule is CN(Cc1ccc(Cl)s1)c1ccc(N(Cl)C(=O)O)cc1. The Hall–Kier alpha value is -1.43. The molecule has 1 heterocycles. The first-order valence-electron chi connectivity index (χ1n) is 5.71. The number of halogens is 2. The molecule has 1 amide bonds. The quantitative estimate of drug-likeness (QED) is 0.828. The topological polar surface area (TPSA) is 43.8 Å². The molecule has 1 aromatic carbocycles. The van der Waals surface area contributed by atoms with Crippen LogP contribution in [0, 0.1) is 0 Å². The van der Waals surface area contributed by atoms with Crippen LogP contribution in [-0.2, 0) is 6.54 Å². The van der Waals surface area contributed by atoms with E-state index in [1.165, 1.54) is 11.3 Å². The number of amides is 1. The number of carboxylic acid groups (broad SMARTS) is 1. The average molecular weight is 331 g/mol. The summed E-state index contributed by atoms with van der Waals surface area (Å²) in [6, 6.07) is 10.8. The second-order valence-electron chi connectivity index (χ2n) is 4.14. The van der Waals surface area contributed by atoms with Crippen molar-refractivity contribution >= 4 is 52.2 Å². The molecule has 0 aliphatic carbocycles. The van der Waals surface area contributed by atoms with E-state index in [0.717, 1.165) is 21.4 Å². The highest BCUT2D eigenvalue weighted by atomic mass is 35.5. The lowest BCUT2D eigenvalue weighted by Gasteiger charge is -2.19. The van der Waals surface area contributed by atoms with Gasteiger partial charge in [0.15, 0.2) is 0 Å². The molecule has 7 heteroatoms. The van der Waals surface area contributed by atoms with E-state index in [0.29, 0.717) is 10.1 Å². The van der Waals surface area contributed by atoms with Gasteiger partial charge in [-0.3, -0.25) is 0 Å². The second kappa shape index (κ2) is 6.35. The molecule has 0 bridgehead atoms. The van der Waals surface area contributed by atoms with Gasteiger partial charge in [0.25, 0.3) is 0 Å². The van der Waals surface area contributed by atoms with Crippen LogP contribution >= 0.6 is 34.7 Å². The molecule has 2 aromatic rings. The van der Waals surface area contributed by atoms with Crippen LogP contribution in [-0.4, -0.2) is 18.2 Å². The molecule has 1 aromatic heterocycles. The van der Waals surface area contributed by atoms with Gasteiger partial charge in [-0.05, 0) is 36.4 Å². The van der Waals surface area contributed by atoms with Crippen LogP contribution in [0.4, 0.5) is 16.2 Å². The Labute approximate surface area is 130 Å². The number of nitrogens with zero attached hydrogens (tertiary/aromatic N) is 2. The van der Waals surface area contributed by atoms with Gasteiger partial charge in [-0.1, -0.05) is 11.6 Å². The zero-order valence-electron chi connectivity index (χ0n) is 10.6. The Morgan fingerprint density at radius 3 is 2.30 bits per heavy atom. The fourth-order valence-corrected chi connectivity index (χ4v) is 2.96. The first kappa shape index (κ1) is 15.0. The number of carbonyl (C=O) groups is 1. The van der Waals surface area contributed by atoms with Crippen molar-refractivity contribution in [2.75, 3.05) is 16.4 Å². The molecule has 0 saturated heterocycles. The highest BCUT2D eigenvalue weighted by molar-refractivity contribution is 7.16. The van der Waals surface area contributed by atoms with Crippen molar-refractivity contribution in [1.82, 2.24) is 0 Å². The van der Waals surface area contributed by atoms with E-state index in [-0.39, 0.29) is 0 Å². The van der Waals surface area contributed by atoms with E-state index in [2.05, 4.69) is 0 Å². The van der Waals surface area contributed by atoms with Crippen molar-refractivity contribution in [2.45, 2.75) is 6.54 Å². The van der Waals surface area contributed by atoms with Gasteiger partial charge < -0.3 is 10.0 Å². The first-order chi connectivity index (χ1) is 9.47. The third kappa shape index (κ3) is 3.56. The molecule has 0 radical (unpaired) electrons. The number of thiophene rings is 1. The van der Waals surface area contributed by atoms with Crippen molar-refractivity contribution in [1.29, 1.82) is 0 Å². The summed E-state index contributed by atoms with van der Waals surface area (Å²) >= 11 is 13.1. The van der Waals surface area contributed by atoms with Crippen molar-refractivity contribution in [3.8, 4) is 0 Å². The number of hydrogen-bond acceptors (Lipinski definition) is 3. The molecular formula is C13H12Cl2N2O2S. The molecule has 0 fully saturated rings. The fourth-order valence-electron chi connectivity index (χ4n) is 1.71. The van der Waals surface area contributed by atoms with Crippen LogP contribution in [0.25, 0.3) is 0 Å². The maximum absolute atomic E-state index is 10.7. The smallest absolute Gasteiger partial charge is 0.426 e. The van der Waals surface area contributed by atoms with E-state index in [1.54, 1.807) is 12.1 Å². The van der Waals surface area contributed by atoms with Gasteiger partial charge in [-0.15, -0.1) is 11.3 Å². The predicted molar refractivity (Wildman–Crippen MR) is 84.2 cm³/mol. The maximum atomic E-state index is 10.7. The van der Waals surface area contributed by atoms with Gasteiger partial charge in [-0.25, -0.2) is 4.79 Å². The van der Waals surface area contributed by atoms with Crippen LogP contribution in [0.2, 0.25) is 4.34 Å². The van der Waals surface area contributed by atoms with E-state index in [1.807, 2.05) is 36.2 Å². The standard InChI is InChI=1S/C13H12Cl2N2O2S/c1-16(8-11-6-7-12(14)20-11)9-2-4-10(5-3-9)17(15)13(18)19/h2-7H,8H2,1H3,(H,18,19). The molecule has 0 unspecified atom stereocenters. The molecular weight excluding hydrogens is 319 g/mol. The Balaban J connectivity index is 2.07. The van der Waals surface area contributed by atoms with Crippen LogP contribution in [0.15, 0.2) is 36.4 Å². The lowest BCUT2D eigenvalue weighted by molar-refractivity contribution is 0.206. The molecule has 106 valence electrons. The minimum atomic E-state index is -1.21. The average Bonchev–Trinajstić information content (AvgIpc) is 2.83. The summed E-state index contributed by atoms with van der Waals surface area (Å²) in [5.74, 6) is 0. The van der Waals surface area contributed by atoms with Gasteiger partial charge in [0.2, 0.25) is 0 Å². The summed E-state index contributed by atoms with van der Waals surface area (Å²) in [6.45, 7) is 0.736. The molecule has 1 N–H and O–H groups in total. The molecule has 20 heavy (non-hydrogen) atoms. The van der Waals surface area contributed by atoms with Crippen LogP contribution in [0.5, 0.6) is 0 Å². The Morgan fingerprint density at radius 2 is 1.80 bits per heavy atom. The third-order valence-corrected chi connectivity index (χ3v) is 4.26. The normalized spacial score (nSPS) is 10.3. The van der Waals surface area contributed by atoms with E-state index >= 15 is 0 Å². The van der Waals surface area contributed by atoms with E-state index < -0.39 is 6.09 Å². The van der Waals surface area contributed by atoms with Crippen molar-refractivity contribution in [3.63, 3.8) is 0 Å². The lowest BCUT2D eigenvalue weighted by atomic mass is 10.2. The predicted octanol–water partition coefficient (Wildman–Crippen LogP) is 4.68. The summed E-state index contributed by atoms with van der Waals surface area (Å²) in [7, 11) is 1.96. The van der Waals surface area contributed by atoms with Gasteiger partial charge >= 0.3 is 6.09 Å². The molecule has 0 aliphatic heterocycles. The van der Waals surface area contributed by atoms with Gasteiger partial charge in [0.05, 0.1) is 16.6 Å². The maximum Gasteiger partial charge on any atom is 0.426 e. The summed E-state index contributed by atoms with van der Waals surface area (Å²) in [5, 5.41) is 8.78. The zero-order chi connectivity index (χ0) is 14.7. The van der Waals surface area contributed by atoms with Crippen LogP contribution in [0.3, 0.4) is 0 Å². The summed E-state index contributed by atoms with van der Waals surface area (Å²) in [6.07, 6.45) is -1.21. The lowest BCUT2D eigenvalue weighted by Crippen LogP contribution is -2.18. The minimum absolute atomic E-state index is 0.412. The summed E-state index contributed by atoms with van der Waals surface area (Å²) < 4.78 is 1.42. The number of rotatable bonds is 4. The summed E-state index contributed by atoms with van der Waals surface area (Å²) in [4.78, 5) is 13.9. The highest BCUT2D eigenvalue weighted by Crippen LogP contribution is 2.26. The van der Waals surface area contributed by atoms with Crippen molar-refractivity contribution in [2.24, 2.45) is 0 Å². The Bertz CT molecular complexity index is 601. The largest absolute Gasteiger partial charge is 0.464 e. The number of anilines is 2. The molecule has 0 atom stereocenters.